The summed E-state index contributed by atoms with van der Waals surface area (Å²) < 4.78 is 7.84. The zero-order chi connectivity index (χ0) is 18.7. The quantitative estimate of drug-likeness (QED) is 0.723. The highest BCUT2D eigenvalue weighted by Gasteiger charge is 2.39. The fourth-order valence-corrected chi connectivity index (χ4v) is 3.81. The molecule has 2 N–H and O–H groups in total. The van der Waals surface area contributed by atoms with Crippen LogP contribution in [-0.4, -0.2) is 63.7 Å². The summed E-state index contributed by atoms with van der Waals surface area (Å²) in [6.07, 6.45) is 5.04. The molecule has 0 radical (unpaired) electrons. The lowest BCUT2D eigenvalue weighted by atomic mass is 10.1. The average molecular weight is 366 g/mol. The SMILES string of the molecule is CCCn1c(OCC2CCCC2)nc2c1C(=O)N(CCCO)C(O)N2C. The first-order valence-electron chi connectivity index (χ1n) is 9.64. The number of ether oxygens (including phenoxy) is 1. The van der Waals surface area contributed by atoms with Gasteiger partial charge in [-0.05, 0) is 31.6 Å². The van der Waals surface area contributed by atoms with Gasteiger partial charge in [-0.2, -0.15) is 4.98 Å². The van der Waals surface area contributed by atoms with E-state index in [-0.39, 0.29) is 19.1 Å². The van der Waals surface area contributed by atoms with Gasteiger partial charge in [0.25, 0.3) is 11.9 Å². The standard InChI is InChI=1S/C18H30N4O4/c1-3-9-21-14-15(19-17(21)26-12-13-7-4-5-8-13)20(2)18(25)22(16(14)24)10-6-11-23/h13,18,23,25H,3-12H2,1-2H3. The zero-order valence-corrected chi connectivity index (χ0v) is 15.7. The van der Waals surface area contributed by atoms with Gasteiger partial charge < -0.3 is 19.8 Å². The van der Waals surface area contributed by atoms with E-state index in [2.05, 4.69) is 4.98 Å². The summed E-state index contributed by atoms with van der Waals surface area (Å²) >= 11 is 0. The van der Waals surface area contributed by atoms with Crippen LogP contribution in [0.4, 0.5) is 5.82 Å². The Morgan fingerprint density at radius 2 is 2.00 bits per heavy atom. The van der Waals surface area contributed by atoms with Crippen molar-refractivity contribution in [1.29, 1.82) is 0 Å². The molecule has 1 unspecified atom stereocenters. The predicted octanol–water partition coefficient (Wildman–Crippen LogP) is 1.41. The summed E-state index contributed by atoms with van der Waals surface area (Å²) in [6, 6.07) is 0.458. The van der Waals surface area contributed by atoms with Crippen LogP contribution < -0.4 is 9.64 Å². The molecule has 1 fully saturated rings. The number of fused-ring (bicyclic) bond motifs is 1. The van der Waals surface area contributed by atoms with Crippen molar-refractivity contribution >= 4 is 11.7 Å². The molecule has 1 aromatic heterocycles. The second kappa shape index (κ2) is 8.26. The molecule has 0 aromatic carbocycles. The largest absolute Gasteiger partial charge is 0.464 e. The van der Waals surface area contributed by atoms with Gasteiger partial charge in [-0.25, -0.2) is 0 Å². The van der Waals surface area contributed by atoms with Gasteiger partial charge in [0.2, 0.25) is 6.35 Å². The zero-order valence-electron chi connectivity index (χ0n) is 15.7. The summed E-state index contributed by atoms with van der Waals surface area (Å²) in [5, 5.41) is 19.5. The number of carbonyl (C=O) groups is 1. The first-order valence-corrected chi connectivity index (χ1v) is 9.64. The Labute approximate surface area is 154 Å². The number of anilines is 1. The summed E-state index contributed by atoms with van der Waals surface area (Å²) in [7, 11) is 1.71. The van der Waals surface area contributed by atoms with E-state index in [1.54, 1.807) is 11.9 Å². The first kappa shape index (κ1) is 19.0. The molecular weight excluding hydrogens is 336 g/mol. The Morgan fingerprint density at radius 1 is 1.27 bits per heavy atom. The summed E-state index contributed by atoms with van der Waals surface area (Å²) in [6.45, 7) is 3.55. The Morgan fingerprint density at radius 3 is 2.65 bits per heavy atom. The lowest BCUT2D eigenvalue weighted by Gasteiger charge is -2.38. The van der Waals surface area contributed by atoms with E-state index in [9.17, 15) is 9.90 Å². The number of aromatic nitrogens is 2. The fourth-order valence-electron chi connectivity index (χ4n) is 3.81. The topological polar surface area (TPSA) is 91.1 Å². The molecule has 26 heavy (non-hydrogen) atoms. The van der Waals surface area contributed by atoms with Gasteiger partial charge in [-0.3, -0.25) is 14.3 Å². The molecule has 146 valence electrons. The fraction of sp³-hybridized carbons (Fsp3) is 0.778. The summed E-state index contributed by atoms with van der Waals surface area (Å²) in [5.41, 5.74) is 0.457. The van der Waals surface area contributed by atoms with Crippen molar-refractivity contribution in [3.05, 3.63) is 5.69 Å². The van der Waals surface area contributed by atoms with E-state index < -0.39 is 6.35 Å². The number of amides is 1. The lowest BCUT2D eigenvalue weighted by Crippen LogP contribution is -2.54. The molecule has 8 heteroatoms. The highest BCUT2D eigenvalue weighted by molar-refractivity contribution is 5.99. The van der Waals surface area contributed by atoms with Crippen molar-refractivity contribution in [2.45, 2.75) is 58.3 Å². The molecule has 1 saturated carbocycles. The number of nitrogens with zero attached hydrogens (tertiary/aromatic N) is 4. The molecule has 2 heterocycles. The molecule has 2 aliphatic rings. The molecule has 0 saturated heterocycles. The van der Waals surface area contributed by atoms with Crippen LogP contribution in [0.2, 0.25) is 0 Å². The molecule has 1 aliphatic heterocycles. The van der Waals surface area contributed by atoms with Gasteiger partial charge in [0.15, 0.2) is 11.5 Å². The highest BCUT2D eigenvalue weighted by atomic mass is 16.5. The van der Waals surface area contributed by atoms with Crippen LogP contribution in [0.5, 0.6) is 6.01 Å². The smallest absolute Gasteiger partial charge is 0.298 e. The number of rotatable bonds is 8. The molecular formula is C18H30N4O4. The molecule has 0 spiro atoms. The second-order valence-corrected chi connectivity index (χ2v) is 7.21. The normalized spacial score (nSPS) is 20.8. The van der Waals surface area contributed by atoms with Crippen molar-refractivity contribution in [3.8, 4) is 6.01 Å². The molecule has 1 atom stereocenters. The van der Waals surface area contributed by atoms with Gasteiger partial charge in [-0.1, -0.05) is 19.8 Å². The van der Waals surface area contributed by atoms with E-state index in [1.165, 1.54) is 30.6 Å². The third kappa shape index (κ3) is 3.53. The number of carbonyl (C=O) groups excluding carboxylic acids is 1. The van der Waals surface area contributed by atoms with Crippen LogP contribution in [0.1, 0.15) is 55.9 Å². The van der Waals surface area contributed by atoms with Crippen LogP contribution in [-0.2, 0) is 6.54 Å². The van der Waals surface area contributed by atoms with Crippen molar-refractivity contribution in [2.75, 3.05) is 31.7 Å². The minimum atomic E-state index is -1.09. The van der Waals surface area contributed by atoms with Crippen molar-refractivity contribution in [1.82, 2.24) is 14.5 Å². The van der Waals surface area contributed by atoms with Crippen molar-refractivity contribution < 1.29 is 19.7 Å². The van der Waals surface area contributed by atoms with E-state index >= 15 is 0 Å². The first-order chi connectivity index (χ1) is 12.6. The van der Waals surface area contributed by atoms with E-state index in [0.29, 0.717) is 43.0 Å². The van der Waals surface area contributed by atoms with Gasteiger partial charge in [0.1, 0.15) is 0 Å². The van der Waals surface area contributed by atoms with E-state index in [0.717, 1.165) is 6.42 Å². The van der Waals surface area contributed by atoms with E-state index in [4.69, 9.17) is 9.84 Å². The molecule has 1 amide bonds. The van der Waals surface area contributed by atoms with Crippen LogP contribution in [0, 0.1) is 5.92 Å². The summed E-state index contributed by atoms with van der Waals surface area (Å²) in [5.74, 6) is 0.743. The Balaban J connectivity index is 1.88. The molecule has 1 aromatic rings. The van der Waals surface area contributed by atoms with Crippen LogP contribution >= 0.6 is 0 Å². The average Bonchev–Trinajstić information content (AvgIpc) is 3.26. The van der Waals surface area contributed by atoms with Crippen molar-refractivity contribution in [2.24, 2.45) is 5.92 Å². The van der Waals surface area contributed by atoms with Crippen LogP contribution in [0.3, 0.4) is 0 Å². The molecule has 8 nitrogen and oxygen atoms in total. The molecule has 0 bridgehead atoms. The molecule has 3 rings (SSSR count). The van der Waals surface area contributed by atoms with Gasteiger partial charge >= 0.3 is 0 Å². The van der Waals surface area contributed by atoms with Crippen molar-refractivity contribution in [3.63, 3.8) is 0 Å². The minimum Gasteiger partial charge on any atom is -0.464 e. The Bertz CT molecular complexity index is 627. The number of imidazole rings is 1. The maximum Gasteiger partial charge on any atom is 0.298 e. The maximum absolute atomic E-state index is 13.0. The van der Waals surface area contributed by atoms with Gasteiger partial charge in [-0.15, -0.1) is 0 Å². The number of aliphatic hydroxyl groups excluding tert-OH is 2. The number of hydrogen-bond donors (Lipinski definition) is 2. The number of hydrogen-bond acceptors (Lipinski definition) is 6. The highest BCUT2D eigenvalue weighted by Crippen LogP contribution is 2.33. The Hall–Kier alpha value is -1.80. The predicted molar refractivity (Wildman–Crippen MR) is 97.1 cm³/mol. The third-order valence-corrected chi connectivity index (χ3v) is 5.26. The second-order valence-electron chi connectivity index (χ2n) is 7.21. The molecule has 1 aliphatic carbocycles. The van der Waals surface area contributed by atoms with Gasteiger partial charge in [0.05, 0.1) is 6.61 Å². The van der Waals surface area contributed by atoms with E-state index in [1.807, 2.05) is 11.5 Å². The third-order valence-electron chi connectivity index (χ3n) is 5.26. The minimum absolute atomic E-state index is 0.0307. The monoisotopic (exact) mass is 366 g/mol. The van der Waals surface area contributed by atoms with Crippen LogP contribution in [0.25, 0.3) is 0 Å². The van der Waals surface area contributed by atoms with Crippen LogP contribution in [0.15, 0.2) is 0 Å². The van der Waals surface area contributed by atoms with Gasteiger partial charge in [0, 0.05) is 26.7 Å². The maximum atomic E-state index is 13.0. The Kier molecular flexibility index (Phi) is 6.03. The lowest BCUT2D eigenvalue weighted by molar-refractivity contribution is 0.00106. The number of aliphatic hydroxyl groups is 2. The summed E-state index contributed by atoms with van der Waals surface area (Å²) in [4.78, 5) is 20.5.